The maximum atomic E-state index is 13.5. The van der Waals surface area contributed by atoms with E-state index in [9.17, 15) is 9.59 Å². The lowest BCUT2D eigenvalue weighted by Crippen LogP contribution is -2.38. The monoisotopic (exact) mass is 517 g/mol. The molecule has 2 N–H and O–H groups in total. The molecule has 0 aliphatic carbocycles. The number of hydrogen-bond acceptors (Lipinski definition) is 7. The normalized spacial score (nSPS) is 15.2. The minimum atomic E-state index is -0.416. The van der Waals surface area contributed by atoms with Gasteiger partial charge < -0.3 is 24.1 Å². The highest BCUT2D eigenvalue weighted by molar-refractivity contribution is 5.96. The van der Waals surface area contributed by atoms with E-state index in [1.165, 1.54) is 10.5 Å². The van der Waals surface area contributed by atoms with Crippen LogP contribution in [0, 0.1) is 12.3 Å². The number of nitrogens with one attached hydrogen (secondary N) is 2. The summed E-state index contributed by atoms with van der Waals surface area (Å²) in [5, 5.41) is 12.1. The summed E-state index contributed by atoms with van der Waals surface area (Å²) < 4.78 is 19.5. The van der Waals surface area contributed by atoms with Crippen LogP contribution in [0.5, 0.6) is 11.5 Å². The van der Waals surface area contributed by atoms with Crippen molar-refractivity contribution in [1.82, 2.24) is 19.3 Å². The largest absolute Gasteiger partial charge is 0.493 e. The van der Waals surface area contributed by atoms with Crippen molar-refractivity contribution in [1.29, 1.82) is 5.41 Å². The van der Waals surface area contributed by atoms with Crippen LogP contribution in [0.25, 0.3) is 16.7 Å². The van der Waals surface area contributed by atoms with E-state index >= 15 is 0 Å². The topological polar surface area (TPSA) is 120 Å². The maximum Gasteiger partial charge on any atom is 0.267 e. The van der Waals surface area contributed by atoms with Gasteiger partial charge in [0.2, 0.25) is 0 Å². The molecule has 0 saturated carbocycles. The number of hydrogen-bond donors (Lipinski definition) is 2. The number of carbonyl (C=O) groups is 1. The molecule has 198 valence electrons. The van der Waals surface area contributed by atoms with Crippen LogP contribution in [0.4, 0.5) is 0 Å². The van der Waals surface area contributed by atoms with Crippen molar-refractivity contribution in [2.45, 2.75) is 38.8 Å². The first-order chi connectivity index (χ1) is 18.4. The summed E-state index contributed by atoms with van der Waals surface area (Å²) in [6, 6.07) is 10.8. The second kappa shape index (κ2) is 10.7. The lowest BCUT2D eigenvalue weighted by Gasteiger charge is -2.16. The fraction of sp³-hybridized carbons (Fsp3) is 0.357. The molecule has 1 atom stereocenters. The van der Waals surface area contributed by atoms with E-state index in [0.29, 0.717) is 48.9 Å². The van der Waals surface area contributed by atoms with Crippen molar-refractivity contribution >= 4 is 22.6 Å². The van der Waals surface area contributed by atoms with E-state index < -0.39 is 5.91 Å². The Labute approximate surface area is 219 Å². The van der Waals surface area contributed by atoms with Crippen LogP contribution in [0.1, 0.15) is 34.3 Å². The highest BCUT2D eigenvalue weighted by Gasteiger charge is 2.21. The molecule has 1 aromatic carbocycles. The number of amides is 1. The summed E-state index contributed by atoms with van der Waals surface area (Å²) >= 11 is 0. The highest BCUT2D eigenvalue weighted by Crippen LogP contribution is 2.28. The number of aromatic nitrogens is 3. The summed E-state index contributed by atoms with van der Waals surface area (Å²) in [5.41, 5.74) is 2.49. The first-order valence-electron chi connectivity index (χ1n) is 12.6. The minimum Gasteiger partial charge on any atom is -0.493 e. The average molecular weight is 518 g/mol. The van der Waals surface area contributed by atoms with Gasteiger partial charge in [0.05, 0.1) is 31.3 Å². The molecule has 1 amide bonds. The summed E-state index contributed by atoms with van der Waals surface area (Å²) in [4.78, 5) is 31.5. The molecule has 38 heavy (non-hydrogen) atoms. The fourth-order valence-electron chi connectivity index (χ4n) is 4.87. The fourth-order valence-corrected chi connectivity index (χ4v) is 4.87. The molecule has 10 nitrogen and oxygen atoms in total. The molecule has 0 radical (unpaired) electrons. The molecule has 10 heteroatoms. The molecule has 0 bridgehead atoms. The van der Waals surface area contributed by atoms with Crippen molar-refractivity contribution in [2.75, 3.05) is 27.4 Å². The zero-order valence-corrected chi connectivity index (χ0v) is 21.7. The molecule has 0 unspecified atom stereocenters. The van der Waals surface area contributed by atoms with Crippen molar-refractivity contribution in [3.05, 3.63) is 75.1 Å². The molecule has 4 aromatic rings. The predicted molar refractivity (Wildman–Crippen MR) is 142 cm³/mol. The average Bonchev–Trinajstić information content (AvgIpc) is 3.45. The summed E-state index contributed by atoms with van der Waals surface area (Å²) in [7, 11) is 3.16. The number of nitrogens with zero attached hydrogens (tertiary/aromatic N) is 3. The Morgan fingerprint density at radius 1 is 1.18 bits per heavy atom. The molecular formula is C28H31N5O5. The van der Waals surface area contributed by atoms with E-state index in [1.807, 2.05) is 31.2 Å². The zero-order chi connectivity index (χ0) is 26.8. The Balaban J connectivity index is 1.60. The Morgan fingerprint density at radius 2 is 2.00 bits per heavy atom. The van der Waals surface area contributed by atoms with Crippen LogP contribution in [0.2, 0.25) is 0 Å². The number of methoxy groups -OCH3 is 2. The third-order valence-electron chi connectivity index (χ3n) is 6.96. The third kappa shape index (κ3) is 4.74. The summed E-state index contributed by atoms with van der Waals surface area (Å²) in [6.45, 7) is 3.25. The van der Waals surface area contributed by atoms with Crippen LogP contribution in [-0.4, -0.2) is 53.3 Å². The Bertz CT molecular complexity index is 1640. The van der Waals surface area contributed by atoms with Gasteiger partial charge in [0.25, 0.3) is 11.5 Å². The van der Waals surface area contributed by atoms with E-state index in [4.69, 9.17) is 24.6 Å². The SMILES string of the molecule is COc1ccc(CCn2c(=N)c(C(=O)NC[C@@H]3CCCO3)cc3c(=O)n4cccc(C)c4nc32)cc1OC. The first-order valence-corrected chi connectivity index (χ1v) is 12.6. The Hall–Kier alpha value is -4.18. The minimum absolute atomic E-state index is 0.00680. The van der Waals surface area contributed by atoms with Gasteiger partial charge in [-0.1, -0.05) is 12.1 Å². The molecule has 1 aliphatic rings. The summed E-state index contributed by atoms with van der Waals surface area (Å²) in [5.74, 6) is 0.810. The number of benzene rings is 1. The number of carbonyl (C=O) groups excluding carboxylic acids is 1. The van der Waals surface area contributed by atoms with E-state index in [-0.39, 0.29) is 28.1 Å². The quantitative estimate of drug-likeness (QED) is 0.347. The van der Waals surface area contributed by atoms with Gasteiger partial charge in [0, 0.05) is 25.9 Å². The number of fused-ring (bicyclic) bond motifs is 2. The summed E-state index contributed by atoms with van der Waals surface area (Å²) in [6.07, 6.45) is 3.99. The van der Waals surface area contributed by atoms with Gasteiger partial charge in [-0.15, -0.1) is 0 Å². The van der Waals surface area contributed by atoms with Gasteiger partial charge in [-0.05, 0) is 61.6 Å². The second-order valence-corrected chi connectivity index (χ2v) is 9.38. The van der Waals surface area contributed by atoms with Gasteiger partial charge in [-0.25, -0.2) is 4.98 Å². The van der Waals surface area contributed by atoms with Crippen molar-refractivity contribution in [3.8, 4) is 11.5 Å². The standard InChI is InChI=1S/C28H31N5O5/c1-17-6-4-11-33-25(17)31-26-21(28(33)35)15-20(27(34)30-16-19-7-5-13-38-19)24(29)32(26)12-10-18-8-9-22(36-2)23(14-18)37-3/h4,6,8-9,11,14-15,19,29H,5,7,10,12-13,16H2,1-3H3,(H,30,34)/t19-/m0/s1. The molecule has 1 aliphatic heterocycles. The third-order valence-corrected chi connectivity index (χ3v) is 6.96. The van der Waals surface area contributed by atoms with Crippen LogP contribution in [0.3, 0.4) is 0 Å². The Kier molecular flexibility index (Phi) is 7.15. The van der Waals surface area contributed by atoms with Crippen molar-refractivity contribution in [2.24, 2.45) is 0 Å². The van der Waals surface area contributed by atoms with Crippen molar-refractivity contribution < 1.29 is 19.0 Å². The lowest BCUT2D eigenvalue weighted by molar-refractivity contribution is 0.0856. The molecular weight excluding hydrogens is 486 g/mol. The van der Waals surface area contributed by atoms with Crippen LogP contribution >= 0.6 is 0 Å². The predicted octanol–water partition coefficient (Wildman–Crippen LogP) is 2.61. The highest BCUT2D eigenvalue weighted by atomic mass is 16.5. The molecule has 5 rings (SSSR count). The van der Waals surface area contributed by atoms with E-state index in [2.05, 4.69) is 5.32 Å². The molecule has 1 fully saturated rings. The van der Waals surface area contributed by atoms with Crippen LogP contribution < -0.4 is 25.8 Å². The van der Waals surface area contributed by atoms with Crippen LogP contribution in [0.15, 0.2) is 47.4 Å². The van der Waals surface area contributed by atoms with Crippen LogP contribution in [-0.2, 0) is 17.7 Å². The maximum absolute atomic E-state index is 13.5. The van der Waals surface area contributed by atoms with Gasteiger partial charge in [-0.3, -0.25) is 19.4 Å². The molecule has 3 aromatic heterocycles. The van der Waals surface area contributed by atoms with Gasteiger partial charge >= 0.3 is 0 Å². The van der Waals surface area contributed by atoms with E-state index in [0.717, 1.165) is 24.0 Å². The zero-order valence-electron chi connectivity index (χ0n) is 21.7. The first kappa shape index (κ1) is 25.5. The number of pyridine rings is 2. The van der Waals surface area contributed by atoms with E-state index in [1.54, 1.807) is 31.0 Å². The number of ether oxygens (including phenoxy) is 3. The second-order valence-electron chi connectivity index (χ2n) is 9.38. The Morgan fingerprint density at radius 3 is 2.74 bits per heavy atom. The van der Waals surface area contributed by atoms with Gasteiger partial charge in [0.15, 0.2) is 11.5 Å². The van der Waals surface area contributed by atoms with Crippen molar-refractivity contribution in [3.63, 3.8) is 0 Å². The molecule has 1 saturated heterocycles. The number of rotatable bonds is 8. The lowest BCUT2D eigenvalue weighted by atomic mass is 10.1. The molecule has 4 heterocycles. The van der Waals surface area contributed by atoms with Gasteiger partial charge in [0.1, 0.15) is 16.8 Å². The number of aryl methyl sites for hydroxylation is 3. The smallest absolute Gasteiger partial charge is 0.267 e. The van der Waals surface area contributed by atoms with Gasteiger partial charge in [-0.2, -0.15) is 0 Å². The molecule has 0 spiro atoms.